The van der Waals surface area contributed by atoms with E-state index in [9.17, 15) is 14.7 Å². The summed E-state index contributed by atoms with van der Waals surface area (Å²) in [6, 6.07) is 1.85. The van der Waals surface area contributed by atoms with Gasteiger partial charge in [-0.15, -0.1) is 0 Å². The van der Waals surface area contributed by atoms with Gasteiger partial charge in [-0.05, 0) is 64.7 Å². The molecule has 1 unspecified atom stereocenters. The summed E-state index contributed by atoms with van der Waals surface area (Å²) in [5.41, 5.74) is -1.25. The second-order valence-corrected chi connectivity index (χ2v) is 11.2. The predicted octanol–water partition coefficient (Wildman–Crippen LogP) is 3.96. The minimum Gasteiger partial charge on any atom is -0.468 e. The zero-order valence-electron chi connectivity index (χ0n) is 21.5. The van der Waals surface area contributed by atoms with E-state index in [4.69, 9.17) is 14.0 Å². The van der Waals surface area contributed by atoms with Gasteiger partial charge < -0.3 is 28.9 Å². The van der Waals surface area contributed by atoms with Crippen molar-refractivity contribution in [1.82, 2.24) is 10.1 Å². The molecule has 9 nitrogen and oxygen atoms in total. The number of amides is 1. The van der Waals surface area contributed by atoms with Crippen molar-refractivity contribution in [2.75, 3.05) is 38.2 Å². The number of carbonyl (C=O) groups is 2. The van der Waals surface area contributed by atoms with Crippen molar-refractivity contribution < 1.29 is 28.7 Å². The van der Waals surface area contributed by atoms with Gasteiger partial charge in [0.25, 0.3) is 0 Å². The number of likely N-dealkylation sites (tertiary alicyclic amines) is 1. The molecule has 192 valence electrons. The third-order valence-corrected chi connectivity index (χ3v) is 6.90. The molecule has 0 spiro atoms. The van der Waals surface area contributed by atoms with E-state index < -0.39 is 17.1 Å². The van der Waals surface area contributed by atoms with Crippen LogP contribution in [0, 0.1) is 11.8 Å². The number of aliphatic hydroxyl groups is 1. The number of aromatic nitrogens is 1. The Hall–Kier alpha value is -2.29. The van der Waals surface area contributed by atoms with Crippen LogP contribution in [-0.2, 0) is 14.3 Å². The van der Waals surface area contributed by atoms with Crippen LogP contribution in [0.5, 0.6) is 0 Å². The number of nitrogens with zero attached hydrogens (tertiary/aromatic N) is 3. The van der Waals surface area contributed by atoms with Crippen LogP contribution in [0.3, 0.4) is 0 Å². The first kappa shape index (κ1) is 26.3. The molecule has 2 aliphatic rings. The van der Waals surface area contributed by atoms with Gasteiger partial charge >= 0.3 is 12.1 Å². The fourth-order valence-corrected chi connectivity index (χ4v) is 4.96. The van der Waals surface area contributed by atoms with Gasteiger partial charge in [-0.1, -0.05) is 19.0 Å². The summed E-state index contributed by atoms with van der Waals surface area (Å²) in [6.07, 6.45) is 3.48. The minimum absolute atomic E-state index is 0.0430. The van der Waals surface area contributed by atoms with Crippen molar-refractivity contribution in [3.05, 3.63) is 11.8 Å². The lowest BCUT2D eigenvalue weighted by atomic mass is 9.79. The van der Waals surface area contributed by atoms with Crippen LogP contribution >= 0.6 is 0 Å². The molecule has 34 heavy (non-hydrogen) atoms. The first-order valence-corrected chi connectivity index (χ1v) is 12.4. The number of ether oxygens (including phenoxy) is 2. The quantitative estimate of drug-likeness (QED) is 0.612. The molecule has 1 atom stereocenters. The minimum atomic E-state index is -0.739. The highest BCUT2D eigenvalue weighted by Gasteiger charge is 2.38. The van der Waals surface area contributed by atoms with E-state index in [0.717, 1.165) is 38.2 Å². The van der Waals surface area contributed by atoms with Gasteiger partial charge in [0.05, 0.1) is 12.7 Å². The Bertz CT molecular complexity index is 830. The Kier molecular flexibility index (Phi) is 8.16. The molecule has 2 aliphatic heterocycles. The maximum Gasteiger partial charge on any atom is 0.410 e. The fraction of sp³-hybridized carbons (Fsp3) is 0.800. The summed E-state index contributed by atoms with van der Waals surface area (Å²) in [6.45, 7) is 12.2. The number of piperidine rings is 2. The first-order valence-electron chi connectivity index (χ1n) is 12.4. The lowest BCUT2D eigenvalue weighted by Gasteiger charge is -2.41. The fourth-order valence-electron chi connectivity index (χ4n) is 4.96. The molecule has 3 heterocycles. The lowest BCUT2D eigenvalue weighted by molar-refractivity contribution is -0.144. The Morgan fingerprint density at radius 3 is 2.35 bits per heavy atom. The molecule has 2 saturated heterocycles. The van der Waals surface area contributed by atoms with Crippen molar-refractivity contribution >= 4 is 17.9 Å². The van der Waals surface area contributed by atoms with Crippen molar-refractivity contribution in [3.63, 3.8) is 0 Å². The van der Waals surface area contributed by atoms with Gasteiger partial charge in [-0.2, -0.15) is 0 Å². The van der Waals surface area contributed by atoms with Crippen LogP contribution in [0.1, 0.15) is 78.4 Å². The van der Waals surface area contributed by atoms with E-state index in [1.165, 1.54) is 7.11 Å². The summed E-state index contributed by atoms with van der Waals surface area (Å²) in [7, 11) is 1.38. The number of esters is 1. The van der Waals surface area contributed by atoms with Crippen molar-refractivity contribution in [3.8, 4) is 0 Å². The molecular formula is C25H41N3O6. The van der Waals surface area contributed by atoms with Gasteiger partial charge in [0.15, 0.2) is 11.6 Å². The third kappa shape index (κ3) is 6.64. The maximum absolute atomic E-state index is 12.3. The van der Waals surface area contributed by atoms with E-state index in [1.54, 1.807) is 4.90 Å². The Morgan fingerprint density at radius 1 is 1.21 bits per heavy atom. The molecule has 0 saturated carbocycles. The van der Waals surface area contributed by atoms with Crippen LogP contribution in [0.4, 0.5) is 10.6 Å². The highest BCUT2D eigenvalue weighted by Crippen LogP contribution is 2.35. The molecule has 2 fully saturated rings. The van der Waals surface area contributed by atoms with E-state index in [1.807, 2.05) is 40.7 Å². The van der Waals surface area contributed by atoms with Crippen molar-refractivity contribution in [2.24, 2.45) is 11.8 Å². The average molecular weight is 480 g/mol. The first-order chi connectivity index (χ1) is 15.9. The lowest BCUT2D eigenvalue weighted by Crippen LogP contribution is -2.49. The number of anilines is 1. The SMILES string of the molecule is COC(=O)C(c1cc(N2CCC(CC3(O)CCN(C(=O)OC(C)(C)C)CC3)CC2)no1)C(C)C. The highest BCUT2D eigenvalue weighted by atomic mass is 16.6. The third-order valence-electron chi connectivity index (χ3n) is 6.90. The molecule has 0 aliphatic carbocycles. The van der Waals surface area contributed by atoms with E-state index in [2.05, 4.69) is 10.1 Å². The highest BCUT2D eigenvalue weighted by molar-refractivity contribution is 5.77. The average Bonchev–Trinajstić information content (AvgIpc) is 3.22. The van der Waals surface area contributed by atoms with Gasteiger partial charge in [0, 0.05) is 32.2 Å². The number of rotatable bonds is 6. The normalized spacial score (nSPS) is 20.4. The number of carbonyl (C=O) groups excluding carboxylic acids is 2. The number of methoxy groups -OCH3 is 1. The standard InChI is InChI=1S/C25H41N3O6/c1-17(2)21(22(29)32-6)19-15-20(26-34-19)27-11-7-18(8-12-27)16-25(31)9-13-28(14-10-25)23(30)33-24(3,4)5/h15,17-18,21,31H,7-14,16H2,1-6H3. The maximum atomic E-state index is 12.3. The largest absolute Gasteiger partial charge is 0.468 e. The molecule has 9 heteroatoms. The van der Waals surface area contributed by atoms with E-state index >= 15 is 0 Å². The van der Waals surface area contributed by atoms with Gasteiger partial charge in [-0.3, -0.25) is 4.79 Å². The molecule has 1 aromatic heterocycles. The molecule has 0 aromatic carbocycles. The summed E-state index contributed by atoms with van der Waals surface area (Å²) < 4.78 is 15.9. The Morgan fingerprint density at radius 2 is 1.82 bits per heavy atom. The van der Waals surface area contributed by atoms with E-state index in [0.29, 0.717) is 37.6 Å². The topological polar surface area (TPSA) is 105 Å². The monoisotopic (exact) mass is 479 g/mol. The van der Waals surface area contributed by atoms with E-state index in [-0.39, 0.29) is 18.0 Å². The molecule has 1 N–H and O–H groups in total. The zero-order chi connectivity index (χ0) is 25.1. The molecule has 0 bridgehead atoms. The van der Waals surface area contributed by atoms with Gasteiger partial charge in [-0.25, -0.2) is 4.79 Å². The predicted molar refractivity (Wildman–Crippen MR) is 128 cm³/mol. The van der Waals surface area contributed by atoms with Crippen LogP contribution in [0.15, 0.2) is 10.6 Å². The second-order valence-electron chi connectivity index (χ2n) is 11.2. The summed E-state index contributed by atoms with van der Waals surface area (Å²) in [5, 5.41) is 15.4. The van der Waals surface area contributed by atoms with Crippen LogP contribution in [0.2, 0.25) is 0 Å². The summed E-state index contributed by atoms with van der Waals surface area (Å²) in [4.78, 5) is 28.3. The van der Waals surface area contributed by atoms with Gasteiger partial charge in [0.1, 0.15) is 11.5 Å². The van der Waals surface area contributed by atoms with Crippen LogP contribution < -0.4 is 4.90 Å². The Labute approximate surface area is 202 Å². The van der Waals surface area contributed by atoms with Crippen LogP contribution in [-0.4, -0.2) is 71.7 Å². The summed E-state index contributed by atoms with van der Waals surface area (Å²) in [5.74, 6) is 0.949. The van der Waals surface area contributed by atoms with Gasteiger partial charge in [0.2, 0.25) is 0 Å². The number of hydrogen-bond acceptors (Lipinski definition) is 8. The zero-order valence-corrected chi connectivity index (χ0v) is 21.5. The molecule has 1 amide bonds. The summed E-state index contributed by atoms with van der Waals surface area (Å²) >= 11 is 0. The van der Waals surface area contributed by atoms with Crippen LogP contribution in [0.25, 0.3) is 0 Å². The molecular weight excluding hydrogens is 438 g/mol. The molecule has 1 aromatic rings. The molecule has 0 radical (unpaired) electrons. The molecule has 3 rings (SSSR count). The Balaban J connectivity index is 1.49. The number of hydrogen-bond donors (Lipinski definition) is 1. The van der Waals surface area contributed by atoms with Crippen molar-refractivity contribution in [1.29, 1.82) is 0 Å². The second kappa shape index (κ2) is 10.5. The van der Waals surface area contributed by atoms with Crippen molar-refractivity contribution in [2.45, 2.75) is 83.8 Å². The smallest absolute Gasteiger partial charge is 0.410 e.